The first kappa shape index (κ1) is 16.9. The largest absolute Gasteiger partial charge is 0.466 e. The van der Waals surface area contributed by atoms with Crippen molar-refractivity contribution < 1.29 is 51.3 Å². The standard InChI is InChI=1S/C6H6F4O7S/c1-14-3(11)2-15-4(12)5(7,6(8,9)10)18-17-16-13/h13H,2H2,1H3. The van der Waals surface area contributed by atoms with E-state index in [4.69, 9.17) is 5.26 Å². The second-order valence-corrected chi connectivity index (χ2v) is 3.34. The van der Waals surface area contributed by atoms with Gasteiger partial charge >= 0.3 is 23.1 Å². The molecule has 12 heteroatoms. The quantitative estimate of drug-likeness (QED) is 0.255. The molecule has 1 unspecified atom stereocenters. The Morgan fingerprint density at radius 2 is 1.83 bits per heavy atom. The number of ether oxygens (including phenoxy) is 2. The molecule has 0 radical (unpaired) electrons. The van der Waals surface area contributed by atoms with E-state index in [0.717, 1.165) is 7.11 Å². The van der Waals surface area contributed by atoms with Crippen LogP contribution in [0.15, 0.2) is 0 Å². The average Bonchev–Trinajstić information content (AvgIpc) is 2.30. The third-order valence-electron chi connectivity index (χ3n) is 1.36. The van der Waals surface area contributed by atoms with E-state index in [1.54, 1.807) is 0 Å². The molecule has 1 atom stereocenters. The molecule has 106 valence electrons. The van der Waals surface area contributed by atoms with Crippen molar-refractivity contribution in [1.29, 1.82) is 0 Å². The first-order valence-corrected chi connectivity index (χ1v) is 4.58. The van der Waals surface area contributed by atoms with E-state index < -0.39 is 41.8 Å². The van der Waals surface area contributed by atoms with Crippen molar-refractivity contribution in [2.45, 2.75) is 11.2 Å². The monoisotopic (exact) mass is 298 g/mol. The first-order chi connectivity index (χ1) is 8.19. The summed E-state index contributed by atoms with van der Waals surface area (Å²) in [7, 11) is 0.875. The maximum absolute atomic E-state index is 13.3. The van der Waals surface area contributed by atoms with Crippen LogP contribution >= 0.6 is 12.0 Å². The summed E-state index contributed by atoms with van der Waals surface area (Å²) >= 11 is -1.19. The number of hydrogen-bond acceptors (Lipinski definition) is 8. The highest BCUT2D eigenvalue weighted by Crippen LogP contribution is 2.44. The fraction of sp³-hybridized carbons (Fsp3) is 0.667. The van der Waals surface area contributed by atoms with Crippen molar-refractivity contribution in [3.05, 3.63) is 0 Å². The van der Waals surface area contributed by atoms with Crippen LogP contribution < -0.4 is 0 Å². The summed E-state index contributed by atoms with van der Waals surface area (Å²) < 4.78 is 61.0. The summed E-state index contributed by atoms with van der Waals surface area (Å²) in [5, 5.41) is 5.71. The molecule has 0 fully saturated rings. The van der Waals surface area contributed by atoms with E-state index >= 15 is 0 Å². The molecule has 1 N–H and O–H groups in total. The lowest BCUT2D eigenvalue weighted by Gasteiger charge is -2.22. The summed E-state index contributed by atoms with van der Waals surface area (Å²) in [4.78, 5) is 21.4. The van der Waals surface area contributed by atoms with Crippen LogP contribution in [0.1, 0.15) is 0 Å². The molecule has 7 nitrogen and oxygen atoms in total. The van der Waals surface area contributed by atoms with Gasteiger partial charge in [-0.2, -0.15) is 13.2 Å². The topological polar surface area (TPSA) is 91.3 Å². The third-order valence-corrected chi connectivity index (χ3v) is 2.11. The minimum Gasteiger partial charge on any atom is -0.466 e. The van der Waals surface area contributed by atoms with Crippen molar-refractivity contribution >= 4 is 24.0 Å². The Morgan fingerprint density at radius 1 is 1.28 bits per heavy atom. The number of carbonyl (C=O) groups is 2. The number of rotatable bonds is 6. The predicted molar refractivity (Wildman–Crippen MR) is 45.3 cm³/mol. The maximum Gasteiger partial charge on any atom is 0.446 e. The molecule has 0 aromatic heterocycles. The van der Waals surface area contributed by atoms with Crippen LogP contribution in [-0.4, -0.2) is 42.1 Å². The summed E-state index contributed by atoms with van der Waals surface area (Å²) in [5.74, 6) is -3.67. The zero-order valence-electron chi connectivity index (χ0n) is 8.52. The summed E-state index contributed by atoms with van der Waals surface area (Å²) in [6, 6.07) is 0. The van der Waals surface area contributed by atoms with Gasteiger partial charge in [-0.05, 0) is 0 Å². The SMILES string of the molecule is COC(=O)COC(=O)C(F)(SOOO)C(F)(F)F. The summed E-state index contributed by atoms with van der Waals surface area (Å²) in [6.45, 7) is -1.22. The highest BCUT2D eigenvalue weighted by Gasteiger charge is 2.66. The molecule has 0 spiro atoms. The Morgan fingerprint density at radius 3 is 2.22 bits per heavy atom. The highest BCUT2D eigenvalue weighted by molar-refractivity contribution is 7.96. The molecule has 0 bridgehead atoms. The zero-order chi connectivity index (χ0) is 14.4. The molecule has 0 heterocycles. The van der Waals surface area contributed by atoms with E-state index in [0.29, 0.717) is 0 Å². The molecule has 0 aromatic carbocycles. The molecule has 0 aromatic rings. The van der Waals surface area contributed by atoms with Crippen molar-refractivity contribution in [3.63, 3.8) is 0 Å². The molecule has 0 rings (SSSR count). The minimum absolute atomic E-state index is 0.875. The van der Waals surface area contributed by atoms with Crippen LogP contribution in [0.4, 0.5) is 17.6 Å². The second kappa shape index (κ2) is 6.72. The number of halogens is 4. The normalized spacial score (nSPS) is 14.8. The first-order valence-electron chi connectivity index (χ1n) is 3.84. The van der Waals surface area contributed by atoms with Gasteiger partial charge in [0.15, 0.2) is 6.61 Å². The van der Waals surface area contributed by atoms with Gasteiger partial charge in [0.1, 0.15) is 0 Å². The van der Waals surface area contributed by atoms with Gasteiger partial charge in [0.2, 0.25) is 0 Å². The Balaban J connectivity index is 4.76. The Hall–Kier alpha value is -1.11. The fourth-order valence-corrected chi connectivity index (χ4v) is 0.881. The van der Waals surface area contributed by atoms with Gasteiger partial charge in [0, 0.05) is 0 Å². The summed E-state index contributed by atoms with van der Waals surface area (Å²) in [5.41, 5.74) is 0. The minimum atomic E-state index is -5.73. The van der Waals surface area contributed by atoms with Crippen molar-refractivity contribution in [3.8, 4) is 0 Å². The van der Waals surface area contributed by atoms with Crippen molar-refractivity contribution in [2.24, 2.45) is 0 Å². The van der Waals surface area contributed by atoms with Crippen molar-refractivity contribution in [1.82, 2.24) is 0 Å². The lowest BCUT2D eigenvalue weighted by Crippen LogP contribution is -2.47. The number of hydrogen-bond donors (Lipinski definition) is 1. The molecular formula is C6H6F4O7S. The van der Waals surface area contributed by atoms with Crippen LogP contribution in [0.3, 0.4) is 0 Å². The van der Waals surface area contributed by atoms with Gasteiger partial charge in [-0.15, -0.1) is 4.33 Å². The van der Waals surface area contributed by atoms with Gasteiger partial charge < -0.3 is 9.47 Å². The molecule has 0 amide bonds. The third kappa shape index (κ3) is 4.29. The van der Waals surface area contributed by atoms with Gasteiger partial charge in [-0.1, -0.05) is 5.04 Å². The number of carbonyl (C=O) groups excluding carboxylic acids is 2. The number of alkyl halides is 4. The van der Waals surface area contributed by atoms with Crippen LogP contribution in [0.25, 0.3) is 0 Å². The lowest BCUT2D eigenvalue weighted by molar-refractivity contribution is -0.433. The predicted octanol–water partition coefficient (Wildman–Crippen LogP) is 1.00. The number of esters is 2. The van der Waals surface area contributed by atoms with Gasteiger partial charge in [0.25, 0.3) is 0 Å². The van der Waals surface area contributed by atoms with Crippen LogP contribution in [0.2, 0.25) is 0 Å². The average molecular weight is 298 g/mol. The van der Waals surface area contributed by atoms with Gasteiger partial charge in [-0.3, -0.25) is 0 Å². The summed E-state index contributed by atoms with van der Waals surface area (Å²) in [6.07, 6.45) is -5.73. The zero-order valence-corrected chi connectivity index (χ0v) is 9.34. The molecule has 0 aliphatic carbocycles. The van der Waals surface area contributed by atoms with E-state index in [-0.39, 0.29) is 0 Å². The second-order valence-electron chi connectivity index (χ2n) is 2.47. The van der Waals surface area contributed by atoms with Gasteiger partial charge in [-0.25, -0.2) is 19.2 Å². The van der Waals surface area contributed by atoms with Gasteiger partial charge in [0.05, 0.1) is 19.2 Å². The molecule has 0 aliphatic heterocycles. The van der Waals surface area contributed by atoms with Crippen LogP contribution in [0, 0.1) is 0 Å². The molecule has 0 saturated carbocycles. The Bertz CT molecular complexity index is 309. The molecule has 18 heavy (non-hydrogen) atoms. The molecule has 0 aliphatic rings. The smallest absolute Gasteiger partial charge is 0.446 e. The van der Waals surface area contributed by atoms with Crippen LogP contribution in [0.5, 0.6) is 0 Å². The fourth-order valence-electron chi connectivity index (χ4n) is 0.535. The molecule has 0 saturated heterocycles. The van der Waals surface area contributed by atoms with E-state index in [2.05, 4.69) is 18.8 Å². The lowest BCUT2D eigenvalue weighted by atomic mass is 10.4. The van der Waals surface area contributed by atoms with Crippen LogP contribution in [-0.2, 0) is 28.4 Å². The van der Waals surface area contributed by atoms with E-state index in [1.165, 1.54) is 0 Å². The Labute approximate surface area is 101 Å². The van der Waals surface area contributed by atoms with E-state index in [9.17, 15) is 27.2 Å². The molecular weight excluding hydrogens is 292 g/mol. The van der Waals surface area contributed by atoms with E-state index in [1.807, 2.05) is 0 Å². The maximum atomic E-state index is 13.3. The van der Waals surface area contributed by atoms with Crippen molar-refractivity contribution in [2.75, 3.05) is 13.7 Å². The number of methoxy groups -OCH3 is 1. The highest BCUT2D eigenvalue weighted by atomic mass is 32.2. The Kier molecular flexibility index (Phi) is 6.31.